The molecular formula is C16H22N4O2. The molecule has 118 valence electrons. The summed E-state index contributed by atoms with van der Waals surface area (Å²) in [6.07, 6.45) is 1.88. The lowest BCUT2D eigenvalue weighted by atomic mass is 10.1. The van der Waals surface area contributed by atoms with Crippen molar-refractivity contribution in [2.24, 2.45) is 5.73 Å². The molecule has 1 amide bonds. The van der Waals surface area contributed by atoms with Gasteiger partial charge in [-0.3, -0.25) is 4.79 Å². The summed E-state index contributed by atoms with van der Waals surface area (Å²) in [6, 6.07) is 7.80. The summed E-state index contributed by atoms with van der Waals surface area (Å²) in [7, 11) is 0. The first-order chi connectivity index (χ1) is 10.6. The van der Waals surface area contributed by atoms with E-state index in [1.54, 1.807) is 0 Å². The number of carbonyl (C=O) groups is 1. The third-order valence-electron chi connectivity index (χ3n) is 3.23. The molecule has 0 aliphatic rings. The van der Waals surface area contributed by atoms with Crippen LogP contribution in [0.5, 0.6) is 0 Å². The Bertz CT molecular complexity index is 605. The van der Waals surface area contributed by atoms with Crippen molar-refractivity contribution in [2.75, 3.05) is 6.54 Å². The quantitative estimate of drug-likeness (QED) is 0.811. The Hall–Kier alpha value is -2.21. The van der Waals surface area contributed by atoms with Gasteiger partial charge in [0.15, 0.2) is 5.82 Å². The molecular weight excluding hydrogens is 280 g/mol. The van der Waals surface area contributed by atoms with Crippen LogP contribution in [0, 0.1) is 0 Å². The molecule has 0 aliphatic carbocycles. The molecule has 0 spiro atoms. The topological polar surface area (TPSA) is 94.0 Å². The van der Waals surface area contributed by atoms with Gasteiger partial charge in [-0.25, -0.2) is 0 Å². The fourth-order valence-electron chi connectivity index (χ4n) is 2.04. The van der Waals surface area contributed by atoms with Crippen LogP contribution in [0.25, 0.3) is 11.5 Å². The van der Waals surface area contributed by atoms with E-state index in [1.165, 1.54) is 0 Å². The molecule has 0 bridgehead atoms. The fraction of sp³-hybridized carbons (Fsp3) is 0.438. The van der Waals surface area contributed by atoms with E-state index in [-0.39, 0.29) is 11.9 Å². The van der Waals surface area contributed by atoms with Gasteiger partial charge in [0.05, 0.1) is 0 Å². The number of benzene rings is 1. The molecule has 0 radical (unpaired) electrons. The molecule has 0 aliphatic heterocycles. The molecule has 6 heteroatoms. The van der Waals surface area contributed by atoms with E-state index >= 15 is 0 Å². The molecule has 1 unspecified atom stereocenters. The number of nitrogens with zero attached hydrogens (tertiary/aromatic N) is 2. The second-order valence-corrected chi connectivity index (χ2v) is 5.35. The molecule has 2 aromatic rings. The van der Waals surface area contributed by atoms with Gasteiger partial charge in [0, 0.05) is 31.0 Å². The maximum absolute atomic E-state index is 11.5. The number of aromatic nitrogens is 2. The molecule has 0 saturated carbocycles. The van der Waals surface area contributed by atoms with Crippen LogP contribution in [0.3, 0.4) is 0 Å². The highest BCUT2D eigenvalue weighted by Gasteiger charge is 2.08. The smallest absolute Gasteiger partial charge is 0.257 e. The second kappa shape index (κ2) is 7.70. The van der Waals surface area contributed by atoms with Gasteiger partial charge >= 0.3 is 0 Å². The minimum atomic E-state index is -0.110. The first kappa shape index (κ1) is 16.2. The molecule has 2 rings (SSSR count). The lowest BCUT2D eigenvalue weighted by molar-refractivity contribution is -0.121. The van der Waals surface area contributed by atoms with Crippen molar-refractivity contribution < 1.29 is 9.32 Å². The van der Waals surface area contributed by atoms with Crippen LogP contribution in [0.15, 0.2) is 28.8 Å². The summed E-state index contributed by atoms with van der Waals surface area (Å²) in [4.78, 5) is 15.8. The Morgan fingerprint density at radius 1 is 1.36 bits per heavy atom. The minimum Gasteiger partial charge on any atom is -0.356 e. The zero-order valence-electron chi connectivity index (χ0n) is 13.0. The Labute approximate surface area is 130 Å². The van der Waals surface area contributed by atoms with Crippen molar-refractivity contribution in [1.82, 2.24) is 15.5 Å². The van der Waals surface area contributed by atoms with Crippen molar-refractivity contribution >= 4 is 5.91 Å². The van der Waals surface area contributed by atoms with Gasteiger partial charge in [0.1, 0.15) is 0 Å². The van der Waals surface area contributed by atoms with Crippen LogP contribution in [-0.4, -0.2) is 28.6 Å². The lowest BCUT2D eigenvalue weighted by Gasteiger charge is -2.07. The van der Waals surface area contributed by atoms with Gasteiger partial charge in [0.2, 0.25) is 5.91 Å². The SMILES string of the molecule is CCc1noc(-c2ccc(CCNC(=O)CC(C)N)cc2)n1. The van der Waals surface area contributed by atoms with Gasteiger partial charge in [-0.1, -0.05) is 24.2 Å². The standard InChI is InChI=1S/C16H22N4O2/c1-3-14-19-16(22-20-14)13-6-4-12(5-7-13)8-9-18-15(21)10-11(2)17/h4-7,11H,3,8-10,17H2,1-2H3,(H,18,21). The van der Waals surface area contributed by atoms with E-state index in [4.69, 9.17) is 10.3 Å². The summed E-state index contributed by atoms with van der Waals surface area (Å²) >= 11 is 0. The molecule has 1 aromatic heterocycles. The van der Waals surface area contributed by atoms with E-state index in [2.05, 4.69) is 15.5 Å². The van der Waals surface area contributed by atoms with E-state index < -0.39 is 0 Å². The van der Waals surface area contributed by atoms with Gasteiger partial charge in [0.25, 0.3) is 5.89 Å². The highest BCUT2D eigenvalue weighted by molar-refractivity contribution is 5.76. The predicted octanol–water partition coefficient (Wildman–Crippen LogP) is 1.69. The molecule has 0 fully saturated rings. The zero-order chi connectivity index (χ0) is 15.9. The summed E-state index contributed by atoms with van der Waals surface area (Å²) in [6.45, 7) is 4.41. The number of amides is 1. The van der Waals surface area contributed by atoms with Crippen LogP contribution in [-0.2, 0) is 17.6 Å². The molecule has 1 heterocycles. The Morgan fingerprint density at radius 2 is 2.09 bits per heavy atom. The van der Waals surface area contributed by atoms with Crippen molar-refractivity contribution in [3.05, 3.63) is 35.7 Å². The van der Waals surface area contributed by atoms with Gasteiger partial charge in [-0.15, -0.1) is 0 Å². The van der Waals surface area contributed by atoms with Crippen molar-refractivity contribution in [2.45, 2.75) is 39.2 Å². The van der Waals surface area contributed by atoms with Gasteiger partial charge in [-0.2, -0.15) is 4.98 Å². The van der Waals surface area contributed by atoms with Crippen LogP contribution >= 0.6 is 0 Å². The van der Waals surface area contributed by atoms with Crippen LogP contribution in [0.1, 0.15) is 31.7 Å². The van der Waals surface area contributed by atoms with Crippen LogP contribution in [0.2, 0.25) is 0 Å². The number of hydrogen-bond donors (Lipinski definition) is 2. The highest BCUT2D eigenvalue weighted by Crippen LogP contribution is 2.18. The number of hydrogen-bond acceptors (Lipinski definition) is 5. The number of nitrogens with one attached hydrogen (secondary N) is 1. The Kier molecular flexibility index (Phi) is 5.66. The maximum atomic E-state index is 11.5. The van der Waals surface area contributed by atoms with E-state index in [1.807, 2.05) is 38.1 Å². The Balaban J connectivity index is 1.85. The normalized spacial score (nSPS) is 12.1. The van der Waals surface area contributed by atoms with Crippen LogP contribution in [0.4, 0.5) is 0 Å². The highest BCUT2D eigenvalue weighted by atomic mass is 16.5. The summed E-state index contributed by atoms with van der Waals surface area (Å²) in [5.41, 5.74) is 7.62. The van der Waals surface area contributed by atoms with Crippen molar-refractivity contribution in [3.8, 4) is 11.5 Å². The van der Waals surface area contributed by atoms with E-state index in [0.29, 0.717) is 24.7 Å². The molecule has 0 saturated heterocycles. The number of carbonyl (C=O) groups excluding carboxylic acids is 1. The van der Waals surface area contributed by atoms with Crippen LogP contribution < -0.4 is 11.1 Å². The number of aryl methyl sites for hydroxylation is 1. The van der Waals surface area contributed by atoms with Crippen molar-refractivity contribution in [3.63, 3.8) is 0 Å². The summed E-state index contributed by atoms with van der Waals surface area (Å²) in [5.74, 6) is 1.23. The van der Waals surface area contributed by atoms with E-state index in [0.717, 1.165) is 24.0 Å². The molecule has 22 heavy (non-hydrogen) atoms. The first-order valence-electron chi connectivity index (χ1n) is 7.52. The number of nitrogens with two attached hydrogens (primary N) is 1. The molecule has 6 nitrogen and oxygen atoms in total. The Morgan fingerprint density at radius 3 is 2.68 bits per heavy atom. The zero-order valence-corrected chi connectivity index (χ0v) is 13.0. The predicted molar refractivity (Wildman–Crippen MR) is 84.1 cm³/mol. The summed E-state index contributed by atoms with van der Waals surface area (Å²) < 4.78 is 5.20. The molecule has 3 N–H and O–H groups in total. The molecule has 1 atom stereocenters. The molecule has 1 aromatic carbocycles. The second-order valence-electron chi connectivity index (χ2n) is 5.35. The van der Waals surface area contributed by atoms with Gasteiger partial charge in [-0.05, 0) is 31.0 Å². The van der Waals surface area contributed by atoms with Gasteiger partial charge < -0.3 is 15.6 Å². The lowest BCUT2D eigenvalue weighted by Crippen LogP contribution is -2.31. The fourth-order valence-corrected chi connectivity index (χ4v) is 2.04. The third kappa shape index (κ3) is 4.66. The first-order valence-corrected chi connectivity index (χ1v) is 7.52. The summed E-state index contributed by atoms with van der Waals surface area (Å²) in [5, 5.41) is 6.74. The monoisotopic (exact) mass is 302 g/mol. The van der Waals surface area contributed by atoms with E-state index in [9.17, 15) is 4.79 Å². The third-order valence-corrected chi connectivity index (χ3v) is 3.23. The average molecular weight is 302 g/mol. The number of rotatable bonds is 7. The maximum Gasteiger partial charge on any atom is 0.257 e. The average Bonchev–Trinajstić information content (AvgIpc) is 2.96. The minimum absolute atomic E-state index is 0.00965. The largest absolute Gasteiger partial charge is 0.356 e. The van der Waals surface area contributed by atoms with Crippen molar-refractivity contribution in [1.29, 1.82) is 0 Å².